The van der Waals surface area contributed by atoms with Crippen LogP contribution in [0.4, 0.5) is 0 Å². The van der Waals surface area contributed by atoms with Gasteiger partial charge in [0.25, 0.3) is 0 Å². The molecule has 0 saturated carbocycles. The highest BCUT2D eigenvalue weighted by Crippen LogP contribution is 2.36. The lowest BCUT2D eigenvalue weighted by molar-refractivity contribution is -0.194. The summed E-state index contributed by atoms with van der Waals surface area (Å²) >= 11 is 0. The molecule has 0 spiro atoms. The van der Waals surface area contributed by atoms with Gasteiger partial charge < -0.3 is 29.9 Å². The second-order valence-corrected chi connectivity index (χ2v) is 6.55. The molecule has 2 heterocycles. The van der Waals surface area contributed by atoms with E-state index in [1.807, 2.05) is 6.92 Å². The summed E-state index contributed by atoms with van der Waals surface area (Å²) in [5, 5.41) is 38.4. The number of hydrogen-bond donors (Lipinski definition) is 4. The summed E-state index contributed by atoms with van der Waals surface area (Å²) < 4.78 is 11.5. The molecule has 124 valence electrons. The van der Waals surface area contributed by atoms with Crippen LogP contribution in [0.15, 0.2) is 0 Å². The summed E-state index contributed by atoms with van der Waals surface area (Å²) in [6.07, 6.45) is -1.06. The van der Waals surface area contributed by atoms with E-state index in [4.69, 9.17) is 9.47 Å². The maximum atomic E-state index is 9.89. The monoisotopic (exact) mass is 304 g/mol. The van der Waals surface area contributed by atoms with E-state index in [0.29, 0.717) is 18.8 Å². The van der Waals surface area contributed by atoms with Crippen LogP contribution < -0.4 is 0 Å². The van der Waals surface area contributed by atoms with Gasteiger partial charge in [0.2, 0.25) is 0 Å². The molecule has 2 rings (SSSR count). The fourth-order valence-electron chi connectivity index (χ4n) is 3.73. The van der Waals surface area contributed by atoms with Crippen LogP contribution >= 0.6 is 0 Å². The molecule has 2 aliphatic rings. The Morgan fingerprint density at radius 1 is 0.952 bits per heavy atom. The summed E-state index contributed by atoms with van der Waals surface area (Å²) in [5.74, 6) is 0.545. The summed E-state index contributed by atoms with van der Waals surface area (Å²) in [4.78, 5) is 0. The fourth-order valence-corrected chi connectivity index (χ4v) is 3.73. The number of aliphatic hydroxyl groups is 4. The van der Waals surface area contributed by atoms with Crippen LogP contribution in [0.25, 0.3) is 0 Å². The normalized spacial score (nSPS) is 48.3. The Hall–Kier alpha value is -0.240. The molecular weight excluding hydrogens is 276 g/mol. The van der Waals surface area contributed by atoms with Gasteiger partial charge in [0.15, 0.2) is 0 Å². The van der Waals surface area contributed by atoms with Gasteiger partial charge in [-0.25, -0.2) is 0 Å². The first-order valence-electron chi connectivity index (χ1n) is 7.85. The van der Waals surface area contributed by atoms with Crippen LogP contribution in [0, 0.1) is 11.8 Å². The average molecular weight is 304 g/mol. The molecule has 0 aromatic rings. The van der Waals surface area contributed by atoms with E-state index < -0.39 is 18.3 Å². The number of aliphatic hydroxyl groups excluding tert-OH is 4. The third kappa shape index (κ3) is 3.94. The van der Waals surface area contributed by atoms with Gasteiger partial charge in [-0.2, -0.15) is 0 Å². The van der Waals surface area contributed by atoms with Crippen molar-refractivity contribution in [3.8, 4) is 0 Å². The maximum Gasteiger partial charge on any atom is 0.109 e. The lowest BCUT2D eigenvalue weighted by Gasteiger charge is -2.43. The topological polar surface area (TPSA) is 99.4 Å². The highest BCUT2D eigenvalue weighted by Gasteiger charge is 2.41. The van der Waals surface area contributed by atoms with Gasteiger partial charge in [-0.1, -0.05) is 6.92 Å². The minimum Gasteiger partial charge on any atom is -0.394 e. The summed E-state index contributed by atoms with van der Waals surface area (Å²) in [5.41, 5.74) is 0. The van der Waals surface area contributed by atoms with Crippen LogP contribution in [0.5, 0.6) is 0 Å². The third-order valence-electron chi connectivity index (χ3n) is 4.86. The molecule has 8 unspecified atom stereocenters. The Labute approximate surface area is 125 Å². The molecule has 0 amide bonds. The molecule has 2 saturated heterocycles. The van der Waals surface area contributed by atoms with Crippen LogP contribution in [0.2, 0.25) is 0 Å². The zero-order valence-corrected chi connectivity index (χ0v) is 12.8. The summed E-state index contributed by atoms with van der Waals surface area (Å²) in [6, 6.07) is 0. The largest absolute Gasteiger partial charge is 0.394 e. The van der Waals surface area contributed by atoms with Crippen molar-refractivity contribution in [2.24, 2.45) is 11.8 Å². The zero-order valence-electron chi connectivity index (χ0n) is 12.8. The highest BCUT2D eigenvalue weighted by molar-refractivity contribution is 4.89. The van der Waals surface area contributed by atoms with Crippen LogP contribution in [0.1, 0.15) is 33.1 Å². The molecule has 6 heteroatoms. The molecule has 2 aliphatic heterocycles. The average Bonchev–Trinajstić information content (AvgIpc) is 2.45. The lowest BCUT2D eigenvalue weighted by atomic mass is 9.78. The first kappa shape index (κ1) is 17.1. The fraction of sp³-hybridized carbons (Fsp3) is 1.00. The van der Waals surface area contributed by atoms with Gasteiger partial charge in [0, 0.05) is 6.42 Å². The van der Waals surface area contributed by atoms with E-state index in [2.05, 4.69) is 6.92 Å². The molecule has 21 heavy (non-hydrogen) atoms. The molecule has 8 atom stereocenters. The Morgan fingerprint density at radius 3 is 2.24 bits per heavy atom. The summed E-state index contributed by atoms with van der Waals surface area (Å²) in [6.45, 7) is 3.81. The van der Waals surface area contributed by atoms with Crippen molar-refractivity contribution in [2.45, 2.75) is 69.7 Å². The first-order chi connectivity index (χ1) is 9.96. The van der Waals surface area contributed by atoms with Crippen molar-refractivity contribution in [2.75, 3.05) is 13.2 Å². The van der Waals surface area contributed by atoms with Crippen molar-refractivity contribution in [1.82, 2.24) is 0 Å². The minimum atomic E-state index is -1.04. The van der Waals surface area contributed by atoms with Crippen molar-refractivity contribution in [3.63, 3.8) is 0 Å². The van der Waals surface area contributed by atoms with E-state index in [1.165, 1.54) is 0 Å². The molecule has 0 aromatic carbocycles. The van der Waals surface area contributed by atoms with Crippen molar-refractivity contribution >= 4 is 0 Å². The molecule has 0 aromatic heterocycles. The quantitative estimate of drug-likeness (QED) is 0.568. The molecule has 0 bridgehead atoms. The van der Waals surface area contributed by atoms with Gasteiger partial charge in [0.05, 0.1) is 37.6 Å². The zero-order chi connectivity index (χ0) is 15.6. The van der Waals surface area contributed by atoms with Crippen LogP contribution in [-0.2, 0) is 9.47 Å². The third-order valence-corrected chi connectivity index (χ3v) is 4.86. The predicted molar refractivity (Wildman–Crippen MR) is 75.7 cm³/mol. The van der Waals surface area contributed by atoms with Crippen LogP contribution in [0.3, 0.4) is 0 Å². The standard InChI is InChI=1S/C15H28O6/c1-8-3-9(2)20-13(6-16)11(8)4-10-5-12(18)15(19)14(7-17)21-10/h8-19H,3-7H2,1-2H3. The second-order valence-electron chi connectivity index (χ2n) is 6.55. The van der Waals surface area contributed by atoms with Gasteiger partial charge in [-0.15, -0.1) is 0 Å². The Balaban J connectivity index is 1.99. The number of ether oxygens (including phenoxy) is 2. The summed E-state index contributed by atoms with van der Waals surface area (Å²) in [7, 11) is 0. The molecular formula is C15H28O6. The molecule has 2 fully saturated rings. The van der Waals surface area contributed by atoms with E-state index in [9.17, 15) is 20.4 Å². The Kier molecular flexibility index (Phi) is 5.99. The van der Waals surface area contributed by atoms with E-state index in [0.717, 1.165) is 6.42 Å². The van der Waals surface area contributed by atoms with Gasteiger partial charge in [0.1, 0.15) is 12.2 Å². The van der Waals surface area contributed by atoms with Crippen molar-refractivity contribution in [1.29, 1.82) is 0 Å². The lowest BCUT2D eigenvalue weighted by Crippen LogP contribution is -2.51. The number of rotatable bonds is 4. The number of hydrogen-bond acceptors (Lipinski definition) is 6. The molecule has 6 nitrogen and oxygen atoms in total. The SMILES string of the molecule is CC1CC(C)C(CC2CC(O)C(O)C(CO)O2)C(CO)O1. The van der Waals surface area contributed by atoms with Gasteiger partial charge in [-0.05, 0) is 31.6 Å². The minimum absolute atomic E-state index is 0.0271. The molecule has 4 N–H and O–H groups in total. The first-order valence-corrected chi connectivity index (χ1v) is 7.85. The molecule has 0 aliphatic carbocycles. The predicted octanol–water partition coefficient (Wildman–Crippen LogP) is -0.330. The Morgan fingerprint density at radius 2 is 1.62 bits per heavy atom. The second kappa shape index (κ2) is 7.35. The van der Waals surface area contributed by atoms with E-state index in [-0.39, 0.29) is 37.4 Å². The van der Waals surface area contributed by atoms with Crippen molar-refractivity contribution < 1.29 is 29.9 Å². The van der Waals surface area contributed by atoms with Gasteiger partial charge >= 0.3 is 0 Å². The highest BCUT2D eigenvalue weighted by atomic mass is 16.5. The maximum absolute atomic E-state index is 9.89. The van der Waals surface area contributed by atoms with Gasteiger partial charge in [-0.3, -0.25) is 0 Å². The molecule has 0 radical (unpaired) electrons. The van der Waals surface area contributed by atoms with Crippen LogP contribution in [-0.4, -0.2) is 70.3 Å². The van der Waals surface area contributed by atoms with E-state index >= 15 is 0 Å². The Bertz CT molecular complexity index is 325. The van der Waals surface area contributed by atoms with Crippen molar-refractivity contribution in [3.05, 3.63) is 0 Å². The smallest absolute Gasteiger partial charge is 0.109 e. The van der Waals surface area contributed by atoms with E-state index in [1.54, 1.807) is 0 Å².